The molecule has 0 aromatic rings. The van der Waals surface area contributed by atoms with Crippen LogP contribution in [0.25, 0.3) is 10.8 Å². The second kappa shape index (κ2) is 40.3. The normalized spacial score (nSPS) is 2.00. The first kappa shape index (κ1) is 22.8. The second-order valence-electron chi connectivity index (χ2n) is 0.183. The third kappa shape index (κ3) is 164. The van der Waals surface area contributed by atoms with Crippen LogP contribution < -0.4 is 29.6 Å². The molecule has 0 saturated carbocycles. The average Bonchev–Trinajstić information content (AvgIpc) is 1.39. The SMILES string of the molecule is [Ag+].[N-]=C=S.[N-]=C=S.[Na+]. The van der Waals surface area contributed by atoms with Crippen LogP contribution in [0.3, 0.4) is 0 Å². The molecular weight excluding hydrogens is 247 g/mol. The molecule has 8 heavy (non-hydrogen) atoms. The first-order valence-electron chi connectivity index (χ1n) is 0.855. The molecule has 42 valence electrons. The van der Waals surface area contributed by atoms with E-state index in [0.29, 0.717) is 0 Å². The smallest absolute Gasteiger partial charge is 0.753 e. The van der Waals surface area contributed by atoms with E-state index in [-0.39, 0.29) is 51.9 Å². The molecule has 0 rings (SSSR count). The zero-order valence-electron chi connectivity index (χ0n) is 4.01. The molecule has 0 spiro atoms. The summed E-state index contributed by atoms with van der Waals surface area (Å²) in [5, 5.41) is 16.9. The third-order valence-corrected chi connectivity index (χ3v) is 0. The molecular formula is C2AgN2NaS2. The van der Waals surface area contributed by atoms with Gasteiger partial charge in [0.25, 0.3) is 0 Å². The van der Waals surface area contributed by atoms with Gasteiger partial charge in [0.1, 0.15) is 0 Å². The monoisotopic (exact) mass is 246 g/mol. The van der Waals surface area contributed by atoms with Crippen molar-refractivity contribution >= 4 is 34.8 Å². The van der Waals surface area contributed by atoms with Gasteiger partial charge in [-0.3, -0.25) is 0 Å². The minimum absolute atomic E-state index is 0. The van der Waals surface area contributed by atoms with E-state index in [2.05, 4.69) is 24.4 Å². The van der Waals surface area contributed by atoms with Gasteiger partial charge in [-0.25, -0.2) is 0 Å². The topological polar surface area (TPSA) is 44.6 Å². The minimum atomic E-state index is 0. The number of hydrogen-bond acceptors (Lipinski definition) is 2. The predicted molar refractivity (Wildman–Crippen MR) is 31.9 cm³/mol. The fourth-order valence-electron chi connectivity index (χ4n) is 0. The Labute approximate surface area is 96.2 Å². The summed E-state index contributed by atoms with van der Waals surface area (Å²) in [5.41, 5.74) is 0. The van der Waals surface area contributed by atoms with Crippen LogP contribution in [0.5, 0.6) is 0 Å². The quantitative estimate of drug-likeness (QED) is 0.291. The summed E-state index contributed by atoms with van der Waals surface area (Å²) in [5.74, 6) is 0. The predicted octanol–water partition coefficient (Wildman–Crippen LogP) is -1.68. The molecule has 0 unspecified atom stereocenters. The number of thiocarbonyl (C=S) groups is 2. The Kier molecular flexibility index (Phi) is 115. The summed E-state index contributed by atoms with van der Waals surface area (Å²) < 4.78 is 0. The van der Waals surface area contributed by atoms with Gasteiger partial charge in [0, 0.05) is 0 Å². The molecule has 0 heterocycles. The Morgan fingerprint density at radius 1 is 1.00 bits per heavy atom. The fraction of sp³-hybridized carbons (Fsp3) is 0. The Balaban J connectivity index is -0.0000000160. The van der Waals surface area contributed by atoms with Crippen LogP contribution in [-0.4, -0.2) is 10.3 Å². The Bertz CT molecular complexity index is 72.0. The zero-order chi connectivity index (χ0) is 5.41. The van der Waals surface area contributed by atoms with Crippen LogP contribution in [0.1, 0.15) is 0 Å². The van der Waals surface area contributed by atoms with Crippen molar-refractivity contribution in [2.24, 2.45) is 0 Å². The van der Waals surface area contributed by atoms with Crippen molar-refractivity contribution in [3.8, 4) is 0 Å². The second-order valence-corrected chi connectivity index (χ2v) is 0.548. The van der Waals surface area contributed by atoms with Gasteiger partial charge in [0.15, 0.2) is 0 Å². The fourth-order valence-corrected chi connectivity index (χ4v) is 0. The number of hydrogen-bond donors (Lipinski definition) is 0. The molecule has 0 aliphatic rings. The average molecular weight is 247 g/mol. The van der Waals surface area contributed by atoms with Crippen molar-refractivity contribution in [1.29, 1.82) is 0 Å². The van der Waals surface area contributed by atoms with Gasteiger partial charge < -0.3 is 10.8 Å². The van der Waals surface area contributed by atoms with Gasteiger partial charge in [-0.05, 0) is 0 Å². The van der Waals surface area contributed by atoms with Crippen molar-refractivity contribution in [2.45, 2.75) is 0 Å². The summed E-state index contributed by atoms with van der Waals surface area (Å²) in [7, 11) is 0. The molecule has 6 heteroatoms. The van der Waals surface area contributed by atoms with E-state index >= 15 is 0 Å². The van der Waals surface area contributed by atoms with E-state index in [9.17, 15) is 0 Å². The molecule has 0 atom stereocenters. The van der Waals surface area contributed by atoms with Gasteiger partial charge in [0.05, 0.1) is 0 Å². The molecule has 0 amide bonds. The minimum Gasteiger partial charge on any atom is -0.753 e. The van der Waals surface area contributed by atoms with E-state index in [1.165, 1.54) is 10.3 Å². The molecule has 0 aliphatic heterocycles. The first-order chi connectivity index (χ1) is 2.83. The van der Waals surface area contributed by atoms with Crippen molar-refractivity contribution in [3.63, 3.8) is 0 Å². The van der Waals surface area contributed by atoms with E-state index in [1.807, 2.05) is 0 Å². The molecule has 0 aromatic carbocycles. The molecule has 0 aliphatic carbocycles. The molecule has 0 aromatic heterocycles. The van der Waals surface area contributed by atoms with Crippen molar-refractivity contribution in [1.82, 2.24) is 0 Å². The van der Waals surface area contributed by atoms with Crippen molar-refractivity contribution in [2.75, 3.05) is 0 Å². The molecule has 2 nitrogen and oxygen atoms in total. The number of isothiocyanates is 2. The largest absolute Gasteiger partial charge is 1.00 e. The molecule has 0 bridgehead atoms. The number of rotatable bonds is 0. The number of nitrogens with zero attached hydrogens (tertiary/aromatic N) is 2. The molecule has 0 fully saturated rings. The van der Waals surface area contributed by atoms with E-state index in [4.69, 9.17) is 10.8 Å². The van der Waals surface area contributed by atoms with Crippen LogP contribution in [-0.2, 0) is 22.4 Å². The standard InChI is InChI=1S/2CNS.Ag.Na/c2*2-1-3;;/q2*-1;2*+1. The van der Waals surface area contributed by atoms with Crippen molar-refractivity contribution < 1.29 is 51.9 Å². The van der Waals surface area contributed by atoms with Crippen LogP contribution in [0, 0.1) is 0 Å². The summed E-state index contributed by atoms with van der Waals surface area (Å²) >= 11 is 7.40. The maximum Gasteiger partial charge on any atom is 1.00 e. The van der Waals surface area contributed by atoms with Crippen LogP contribution >= 0.6 is 24.4 Å². The molecule has 0 radical (unpaired) electrons. The summed E-state index contributed by atoms with van der Waals surface area (Å²) in [6.45, 7) is 0. The Hall–Kier alpha value is 1.34. The summed E-state index contributed by atoms with van der Waals surface area (Å²) in [4.78, 5) is 0. The van der Waals surface area contributed by atoms with E-state index in [1.54, 1.807) is 0 Å². The maximum atomic E-state index is 7.13. The van der Waals surface area contributed by atoms with Gasteiger partial charge >= 0.3 is 51.9 Å². The van der Waals surface area contributed by atoms with Crippen LogP contribution in [0.15, 0.2) is 0 Å². The Morgan fingerprint density at radius 2 is 1.00 bits per heavy atom. The van der Waals surface area contributed by atoms with E-state index in [0.717, 1.165) is 0 Å². The van der Waals surface area contributed by atoms with Crippen LogP contribution in [0.4, 0.5) is 0 Å². The van der Waals surface area contributed by atoms with Crippen molar-refractivity contribution in [3.05, 3.63) is 10.8 Å². The third-order valence-electron chi connectivity index (χ3n) is 0. The van der Waals surface area contributed by atoms with Gasteiger partial charge in [-0.1, -0.05) is 24.4 Å². The zero-order valence-corrected chi connectivity index (χ0v) is 9.13. The van der Waals surface area contributed by atoms with Gasteiger partial charge in [-0.15, -0.1) is 0 Å². The Morgan fingerprint density at radius 3 is 1.00 bits per heavy atom. The van der Waals surface area contributed by atoms with E-state index < -0.39 is 0 Å². The molecule has 0 saturated heterocycles. The van der Waals surface area contributed by atoms with Gasteiger partial charge in [0.2, 0.25) is 0 Å². The molecule has 0 N–H and O–H groups in total. The summed E-state index contributed by atoms with van der Waals surface area (Å²) in [6, 6.07) is 0. The van der Waals surface area contributed by atoms with Crippen LogP contribution in [0.2, 0.25) is 0 Å². The summed E-state index contributed by atoms with van der Waals surface area (Å²) in [6.07, 6.45) is 0. The van der Waals surface area contributed by atoms with Gasteiger partial charge in [-0.2, -0.15) is 10.3 Å². The first-order valence-corrected chi connectivity index (χ1v) is 1.67. The maximum absolute atomic E-state index is 7.13.